The number of hydrogen-bond acceptors (Lipinski definition) is 8. The van der Waals surface area contributed by atoms with Gasteiger partial charge in [0.15, 0.2) is 5.82 Å². The molecule has 9 nitrogen and oxygen atoms in total. The van der Waals surface area contributed by atoms with Crippen LogP contribution in [0.25, 0.3) is 32.9 Å². The number of likely N-dealkylation sites (tertiary alicyclic amines) is 2. The van der Waals surface area contributed by atoms with Gasteiger partial charge in [0, 0.05) is 36.8 Å². The third-order valence-corrected chi connectivity index (χ3v) is 19.0. The van der Waals surface area contributed by atoms with Crippen molar-refractivity contribution < 1.29 is 23.0 Å². The molecule has 0 N–H and O–H groups in total. The maximum Gasteiger partial charge on any atom is 0.410 e. The first-order valence-corrected chi connectivity index (χ1v) is 23.2. The number of halogens is 2. The lowest BCUT2D eigenvalue weighted by Gasteiger charge is -2.38. The van der Waals surface area contributed by atoms with E-state index in [1.54, 1.807) is 23.2 Å². The van der Waals surface area contributed by atoms with E-state index >= 15 is 8.78 Å². The lowest BCUT2D eigenvalue weighted by atomic mass is 9.96. The lowest BCUT2D eigenvalue weighted by Crippen LogP contribution is -2.45. The number of amides is 1. The quantitative estimate of drug-likeness (QED) is 0.122. The summed E-state index contributed by atoms with van der Waals surface area (Å²) < 4.78 is 45.8. The predicted molar refractivity (Wildman–Crippen MR) is 233 cm³/mol. The molecule has 4 heterocycles. The molecular weight excluding hydrogens is 751 g/mol. The number of ether oxygens (including phenoxy) is 2. The number of rotatable bonds is 9. The number of pyridine rings is 1. The average molecular weight is 813 g/mol. The van der Waals surface area contributed by atoms with Crippen molar-refractivity contribution in [2.24, 2.45) is 0 Å². The van der Waals surface area contributed by atoms with E-state index in [-0.39, 0.29) is 53.1 Å². The van der Waals surface area contributed by atoms with E-state index in [1.807, 2.05) is 58.7 Å². The summed E-state index contributed by atoms with van der Waals surface area (Å²) in [7, 11) is 1.74. The molecule has 312 valence electrons. The highest BCUT2D eigenvalue weighted by Crippen LogP contribution is 2.42. The summed E-state index contributed by atoms with van der Waals surface area (Å²) in [5.74, 6) is 2.68. The van der Waals surface area contributed by atoms with Crippen molar-refractivity contribution in [2.75, 3.05) is 32.1 Å². The Balaban J connectivity index is 1.51. The van der Waals surface area contributed by atoms with Crippen LogP contribution in [0.1, 0.15) is 101 Å². The lowest BCUT2D eigenvalue weighted by molar-refractivity contribution is 0.0233. The molecule has 0 bridgehead atoms. The fraction of sp³-hybridized carbons (Fsp3) is 0.565. The first-order valence-electron chi connectivity index (χ1n) is 21.0. The SMILES string of the molecule is CC(C)[Si](C#Cc1c(F)ccc2cccc(-c3ncc4c(N(C)[C@@H]5CCN(C(=O)OC(C)(C)C)[C@@H]5C)nc(O[C@@H](C)[C@@H]5CCCN5C)nc4c3F)c12)(C(C)C)C(C)C. The summed E-state index contributed by atoms with van der Waals surface area (Å²) in [4.78, 5) is 33.6. The van der Waals surface area contributed by atoms with Crippen LogP contribution in [0.2, 0.25) is 16.6 Å². The van der Waals surface area contributed by atoms with Gasteiger partial charge in [-0.1, -0.05) is 71.7 Å². The number of likely N-dealkylation sites (N-methyl/N-ethyl adjacent to an activating group) is 2. The van der Waals surface area contributed by atoms with Gasteiger partial charge in [0.1, 0.15) is 42.6 Å². The number of hydrogen-bond donors (Lipinski definition) is 0. The van der Waals surface area contributed by atoms with Crippen molar-refractivity contribution in [2.45, 2.75) is 142 Å². The summed E-state index contributed by atoms with van der Waals surface area (Å²) in [6.45, 7) is 24.4. The zero-order valence-corrected chi connectivity index (χ0v) is 37.7. The molecule has 4 atom stereocenters. The minimum Gasteiger partial charge on any atom is -0.459 e. The second-order valence-corrected chi connectivity index (χ2v) is 24.0. The van der Waals surface area contributed by atoms with E-state index in [9.17, 15) is 4.79 Å². The van der Waals surface area contributed by atoms with E-state index in [1.165, 1.54) is 6.07 Å². The number of fused-ring (bicyclic) bond motifs is 2. The molecule has 2 aromatic carbocycles. The van der Waals surface area contributed by atoms with E-state index in [2.05, 4.69) is 65.0 Å². The Bertz CT molecular complexity index is 2210. The van der Waals surface area contributed by atoms with Crippen LogP contribution in [0.3, 0.4) is 0 Å². The monoisotopic (exact) mass is 812 g/mol. The largest absolute Gasteiger partial charge is 0.459 e. The van der Waals surface area contributed by atoms with Gasteiger partial charge in [-0.2, -0.15) is 9.97 Å². The van der Waals surface area contributed by atoms with E-state index in [0.29, 0.717) is 51.7 Å². The summed E-state index contributed by atoms with van der Waals surface area (Å²) >= 11 is 0. The minimum atomic E-state index is -2.24. The molecule has 1 amide bonds. The Morgan fingerprint density at radius 1 is 0.983 bits per heavy atom. The van der Waals surface area contributed by atoms with Crippen LogP contribution < -0.4 is 9.64 Å². The maximum absolute atomic E-state index is 17.5. The molecular formula is C46H62F2N6O3Si. The molecule has 2 saturated heterocycles. The van der Waals surface area contributed by atoms with Crippen molar-refractivity contribution in [3.63, 3.8) is 0 Å². The molecule has 2 aromatic heterocycles. The van der Waals surface area contributed by atoms with Gasteiger partial charge in [0.2, 0.25) is 0 Å². The number of carbonyl (C=O) groups excluding carboxylic acids is 1. The highest BCUT2D eigenvalue weighted by molar-refractivity contribution is 6.90. The zero-order chi connectivity index (χ0) is 42.4. The summed E-state index contributed by atoms with van der Waals surface area (Å²) in [5, 5.41) is 1.65. The van der Waals surface area contributed by atoms with Crippen LogP contribution in [0.5, 0.6) is 6.01 Å². The fourth-order valence-corrected chi connectivity index (χ4v) is 15.0. The van der Waals surface area contributed by atoms with Crippen LogP contribution in [-0.4, -0.2) is 95.9 Å². The fourth-order valence-electron chi connectivity index (χ4n) is 9.76. The number of benzene rings is 2. The molecule has 58 heavy (non-hydrogen) atoms. The summed E-state index contributed by atoms with van der Waals surface area (Å²) in [5.41, 5.74) is 4.87. The molecule has 0 saturated carbocycles. The van der Waals surface area contributed by atoms with Crippen LogP contribution in [0.4, 0.5) is 19.4 Å². The molecule has 4 aromatic rings. The first-order chi connectivity index (χ1) is 27.3. The Kier molecular flexibility index (Phi) is 12.5. The highest BCUT2D eigenvalue weighted by atomic mass is 28.3. The smallest absolute Gasteiger partial charge is 0.410 e. The van der Waals surface area contributed by atoms with Crippen molar-refractivity contribution in [3.8, 4) is 28.7 Å². The van der Waals surface area contributed by atoms with Gasteiger partial charge < -0.3 is 19.3 Å². The van der Waals surface area contributed by atoms with Gasteiger partial charge >= 0.3 is 12.1 Å². The predicted octanol–water partition coefficient (Wildman–Crippen LogP) is 10.4. The Hall–Kier alpha value is -4.34. The van der Waals surface area contributed by atoms with Gasteiger partial charge in [-0.25, -0.2) is 13.6 Å². The molecule has 0 unspecified atom stereocenters. The molecule has 0 spiro atoms. The normalized spacial score (nSPS) is 19.7. The molecule has 2 aliphatic heterocycles. The van der Waals surface area contributed by atoms with Gasteiger partial charge in [0.25, 0.3) is 0 Å². The van der Waals surface area contributed by atoms with Crippen LogP contribution in [0.15, 0.2) is 36.5 Å². The maximum atomic E-state index is 17.5. The first kappa shape index (κ1) is 43.2. The molecule has 6 rings (SSSR count). The Morgan fingerprint density at radius 3 is 2.29 bits per heavy atom. The minimum absolute atomic E-state index is 0.0407. The number of anilines is 1. The molecule has 2 aliphatic rings. The highest BCUT2D eigenvalue weighted by Gasteiger charge is 2.42. The third kappa shape index (κ3) is 8.13. The second-order valence-electron chi connectivity index (χ2n) is 18.4. The zero-order valence-electron chi connectivity index (χ0n) is 36.7. The molecule has 0 radical (unpaired) electrons. The summed E-state index contributed by atoms with van der Waals surface area (Å²) in [6, 6.07) is 8.47. The number of nitrogens with zero attached hydrogens (tertiary/aromatic N) is 6. The van der Waals surface area contributed by atoms with Gasteiger partial charge in [-0.05, 0) is 95.5 Å². The third-order valence-electron chi connectivity index (χ3n) is 12.7. The van der Waals surface area contributed by atoms with Crippen LogP contribution in [0, 0.1) is 23.1 Å². The second kappa shape index (κ2) is 16.7. The average Bonchev–Trinajstić information content (AvgIpc) is 3.76. The van der Waals surface area contributed by atoms with Crippen molar-refractivity contribution >= 4 is 41.7 Å². The number of carbonyl (C=O) groups is 1. The van der Waals surface area contributed by atoms with E-state index < -0.39 is 25.3 Å². The van der Waals surface area contributed by atoms with Crippen molar-refractivity contribution in [1.29, 1.82) is 0 Å². The standard InChI is InChI=1S/C46H62F2N6O3Si/c1-27(2)58(28(3)4,29(5)6)25-22-33-36(47)20-19-32-16-14-17-34(39(32)33)41-40(48)42-35(26-49-41)43(51-44(50-42)56-31(8)38-18-15-23-52(38)12)53(13)37-21-24-54(30(37)7)45(55)57-46(9,10)11/h14,16-17,19-20,26-31,37-38H,15,18,21,23-24H2,1-13H3/t30-,31+,37-,38+/m1/s1. The molecule has 12 heteroatoms. The van der Waals surface area contributed by atoms with Crippen LogP contribution in [-0.2, 0) is 4.74 Å². The van der Waals surface area contributed by atoms with Crippen LogP contribution >= 0.6 is 0 Å². The van der Waals surface area contributed by atoms with Crippen molar-refractivity contribution in [3.05, 3.63) is 53.7 Å². The van der Waals surface area contributed by atoms with E-state index in [0.717, 1.165) is 24.8 Å². The Morgan fingerprint density at radius 2 is 1.67 bits per heavy atom. The van der Waals surface area contributed by atoms with Gasteiger partial charge in [-0.15, -0.1) is 5.54 Å². The summed E-state index contributed by atoms with van der Waals surface area (Å²) in [6.07, 6.45) is 3.64. The molecule has 0 aliphatic carbocycles. The topological polar surface area (TPSA) is 83.9 Å². The van der Waals surface area contributed by atoms with Gasteiger partial charge in [-0.3, -0.25) is 9.88 Å². The van der Waals surface area contributed by atoms with Crippen molar-refractivity contribution in [1.82, 2.24) is 24.8 Å². The number of aromatic nitrogens is 3. The van der Waals surface area contributed by atoms with Gasteiger partial charge in [0.05, 0.1) is 23.0 Å². The molecule has 2 fully saturated rings. The van der Waals surface area contributed by atoms with E-state index in [4.69, 9.17) is 24.4 Å². The Labute approximate surface area is 344 Å².